The molecule has 1 saturated heterocycles. The highest BCUT2D eigenvalue weighted by molar-refractivity contribution is 7.89. The topological polar surface area (TPSA) is 142 Å². The molecule has 16 heteroatoms. The zero-order valence-corrected chi connectivity index (χ0v) is 23.1. The number of alkyl halides is 2. The minimum atomic E-state index is -4.05. The second-order valence-corrected chi connectivity index (χ2v) is 12.5. The molecule has 1 aliphatic heterocycles. The van der Waals surface area contributed by atoms with Crippen LogP contribution in [-0.4, -0.2) is 90.0 Å². The smallest absolute Gasteiger partial charge is 0.291 e. The number of hydrogen-bond donors (Lipinski definition) is 1. The van der Waals surface area contributed by atoms with E-state index in [1.165, 1.54) is 23.0 Å². The van der Waals surface area contributed by atoms with Crippen LogP contribution >= 0.6 is 11.3 Å². The first-order valence-corrected chi connectivity index (χ1v) is 14.9. The number of rotatable bonds is 9. The van der Waals surface area contributed by atoms with Crippen molar-refractivity contribution in [3.05, 3.63) is 29.5 Å². The zero-order valence-electron chi connectivity index (χ0n) is 21.4. The van der Waals surface area contributed by atoms with Gasteiger partial charge in [0.2, 0.25) is 15.2 Å². The lowest BCUT2D eigenvalue weighted by Crippen LogP contribution is -2.40. The van der Waals surface area contributed by atoms with Crippen molar-refractivity contribution in [3.8, 4) is 11.2 Å². The lowest BCUT2D eigenvalue weighted by molar-refractivity contribution is 0.0393. The summed E-state index contributed by atoms with van der Waals surface area (Å²) in [5.41, 5.74) is -0.332. The van der Waals surface area contributed by atoms with E-state index in [1.54, 1.807) is 6.07 Å². The quantitative estimate of drug-likeness (QED) is 0.309. The number of fused-ring (bicyclic) bond motifs is 3. The monoisotopic (exact) mass is 589 g/mol. The van der Waals surface area contributed by atoms with E-state index in [4.69, 9.17) is 4.74 Å². The summed E-state index contributed by atoms with van der Waals surface area (Å²) in [5, 5.41) is 17.9. The van der Waals surface area contributed by atoms with Crippen LogP contribution in [0.1, 0.15) is 24.3 Å². The molecule has 4 aromatic rings. The summed E-state index contributed by atoms with van der Waals surface area (Å²) >= 11 is 0.699. The van der Waals surface area contributed by atoms with Gasteiger partial charge in [0.1, 0.15) is 17.7 Å². The Balaban J connectivity index is 1.48. The maximum atomic E-state index is 13.4. The Bertz CT molecular complexity index is 1720. The third-order valence-electron chi connectivity index (χ3n) is 7.13. The number of halogens is 2. The van der Waals surface area contributed by atoms with Crippen LogP contribution in [0.25, 0.3) is 27.1 Å². The fourth-order valence-corrected chi connectivity index (χ4v) is 6.87. The summed E-state index contributed by atoms with van der Waals surface area (Å²) in [4.78, 5) is 13.2. The van der Waals surface area contributed by atoms with E-state index < -0.39 is 27.0 Å². The molecule has 6 rings (SSSR count). The molecule has 0 radical (unpaired) electrons. The summed E-state index contributed by atoms with van der Waals surface area (Å²) in [7, 11) is -2.14. The van der Waals surface area contributed by atoms with Crippen molar-refractivity contribution >= 4 is 49.1 Å². The normalized spacial score (nSPS) is 17.5. The number of anilines is 1. The number of aromatic nitrogens is 5. The van der Waals surface area contributed by atoms with Gasteiger partial charge in [-0.05, 0) is 25.0 Å². The molecular weight excluding hydrogens is 564 g/mol. The van der Waals surface area contributed by atoms with Crippen LogP contribution in [0.2, 0.25) is 0 Å². The maximum absolute atomic E-state index is 13.4. The van der Waals surface area contributed by atoms with Gasteiger partial charge in [0.15, 0.2) is 10.7 Å². The van der Waals surface area contributed by atoms with E-state index in [0.717, 1.165) is 19.6 Å². The molecule has 1 aliphatic carbocycles. The van der Waals surface area contributed by atoms with Crippen LogP contribution < -0.4 is 9.62 Å². The summed E-state index contributed by atoms with van der Waals surface area (Å²) in [6.45, 7) is 4.50. The first kappa shape index (κ1) is 26.8. The molecule has 1 N–H and O–H groups in total. The van der Waals surface area contributed by atoms with Crippen LogP contribution in [0.4, 0.5) is 14.6 Å². The Labute approximate surface area is 232 Å². The molecule has 0 bridgehead atoms. The summed E-state index contributed by atoms with van der Waals surface area (Å²) < 4.78 is 62.7. The van der Waals surface area contributed by atoms with Crippen molar-refractivity contribution in [2.45, 2.75) is 29.7 Å². The molecule has 0 atom stereocenters. The Morgan fingerprint density at radius 3 is 2.70 bits per heavy atom. The lowest BCUT2D eigenvalue weighted by Gasteiger charge is -2.29. The molecule has 0 spiro atoms. The van der Waals surface area contributed by atoms with Crippen molar-refractivity contribution < 1.29 is 21.9 Å². The number of ether oxygens (including phenoxy) is 1. The molecule has 2 aliphatic rings. The van der Waals surface area contributed by atoms with E-state index >= 15 is 0 Å². The summed E-state index contributed by atoms with van der Waals surface area (Å²) in [6, 6.07) is 6.56. The molecule has 210 valence electrons. The number of nitriles is 1. The molecule has 0 unspecified atom stereocenters. The molecule has 12 nitrogen and oxygen atoms in total. The minimum absolute atomic E-state index is 0.0700. The van der Waals surface area contributed by atoms with E-state index in [1.807, 2.05) is 18.0 Å². The second-order valence-electron chi connectivity index (χ2n) is 9.81. The van der Waals surface area contributed by atoms with Gasteiger partial charge in [-0.3, -0.25) is 9.47 Å². The number of sulfonamides is 1. The highest BCUT2D eigenvalue weighted by atomic mass is 32.2. The molecule has 1 saturated carbocycles. The fourth-order valence-electron chi connectivity index (χ4n) is 4.75. The highest BCUT2D eigenvalue weighted by Gasteiger charge is 2.46. The zero-order chi connectivity index (χ0) is 28.1. The van der Waals surface area contributed by atoms with Crippen molar-refractivity contribution in [3.63, 3.8) is 0 Å². The Kier molecular flexibility index (Phi) is 6.87. The van der Waals surface area contributed by atoms with Gasteiger partial charge < -0.3 is 9.64 Å². The average molecular weight is 590 g/mol. The summed E-state index contributed by atoms with van der Waals surface area (Å²) in [5.74, 6) is 0.607. The highest BCUT2D eigenvalue weighted by Crippen LogP contribution is 2.39. The van der Waals surface area contributed by atoms with Crippen molar-refractivity contribution in [1.82, 2.24) is 34.4 Å². The van der Waals surface area contributed by atoms with Gasteiger partial charge in [0, 0.05) is 38.6 Å². The largest absolute Gasteiger partial charge is 0.379 e. The molecule has 40 heavy (non-hydrogen) atoms. The molecule has 3 aromatic heterocycles. The fraction of sp³-hybridized carbons (Fsp3) is 0.458. The van der Waals surface area contributed by atoms with Gasteiger partial charge in [0.25, 0.3) is 6.43 Å². The van der Waals surface area contributed by atoms with E-state index in [2.05, 4.69) is 29.8 Å². The number of likely N-dealkylation sites (N-methyl/N-ethyl adjacent to an activating group) is 1. The van der Waals surface area contributed by atoms with Crippen LogP contribution in [0.5, 0.6) is 0 Å². The van der Waals surface area contributed by atoms with Crippen molar-refractivity contribution in [2.24, 2.45) is 0 Å². The SMILES string of the molecule is CN(CCN1CCOCC1)c1ncnc2c1c1ccc(S(=O)(=O)NC3(C#N)CC3)cc1n2-c1nnc(C(F)F)s1. The van der Waals surface area contributed by atoms with Crippen LogP contribution in [0, 0.1) is 11.3 Å². The number of benzene rings is 1. The number of morpholine rings is 1. The molecule has 2 fully saturated rings. The van der Waals surface area contributed by atoms with Gasteiger partial charge in [-0.1, -0.05) is 17.4 Å². The first-order valence-electron chi connectivity index (χ1n) is 12.6. The third kappa shape index (κ3) is 4.88. The van der Waals surface area contributed by atoms with Crippen molar-refractivity contribution in [2.75, 3.05) is 51.3 Å². The van der Waals surface area contributed by atoms with Crippen LogP contribution in [0.15, 0.2) is 29.4 Å². The number of nitrogens with one attached hydrogen (secondary N) is 1. The third-order valence-corrected chi connectivity index (χ3v) is 9.58. The minimum Gasteiger partial charge on any atom is -0.379 e. The van der Waals surface area contributed by atoms with Gasteiger partial charge >= 0.3 is 0 Å². The molecule has 0 amide bonds. The molecule has 4 heterocycles. The summed E-state index contributed by atoms with van der Waals surface area (Å²) in [6.07, 6.45) is -0.558. The van der Waals surface area contributed by atoms with Gasteiger partial charge in [0.05, 0.1) is 35.1 Å². The number of hydrogen-bond acceptors (Lipinski definition) is 11. The molecule has 1 aromatic carbocycles. The predicted octanol–water partition coefficient (Wildman–Crippen LogP) is 2.47. The standard InChI is InChI=1S/C24H25F2N9O3S2/c1-33(6-7-34-8-10-38-11-9-34)20-18-16-3-2-15(40(36,37)32-24(13-27)4-5-24)12-17(16)35(21(18)29-14-28-20)23-31-30-22(39-23)19(25)26/h2-3,12,14,19,32H,4-11H2,1H3. The predicted molar refractivity (Wildman–Crippen MR) is 143 cm³/mol. The van der Waals surface area contributed by atoms with Gasteiger partial charge in [-0.15, -0.1) is 10.2 Å². The molecular formula is C24H25F2N9O3S2. The lowest BCUT2D eigenvalue weighted by atomic mass is 10.2. The van der Waals surface area contributed by atoms with Crippen LogP contribution in [-0.2, 0) is 14.8 Å². The van der Waals surface area contributed by atoms with Gasteiger partial charge in [-0.25, -0.2) is 27.2 Å². The van der Waals surface area contributed by atoms with E-state index in [0.29, 0.717) is 71.7 Å². The van der Waals surface area contributed by atoms with Crippen molar-refractivity contribution in [1.29, 1.82) is 5.26 Å². The Morgan fingerprint density at radius 2 is 2.02 bits per heavy atom. The maximum Gasteiger partial charge on any atom is 0.291 e. The number of nitrogens with zero attached hydrogens (tertiary/aromatic N) is 8. The van der Waals surface area contributed by atoms with E-state index in [9.17, 15) is 22.5 Å². The van der Waals surface area contributed by atoms with Crippen LogP contribution in [0.3, 0.4) is 0 Å². The van der Waals surface area contributed by atoms with E-state index in [-0.39, 0.29) is 10.0 Å². The Morgan fingerprint density at radius 1 is 1.25 bits per heavy atom. The van der Waals surface area contributed by atoms with Gasteiger partial charge in [-0.2, -0.15) is 9.98 Å². The first-order chi connectivity index (χ1) is 19.2. The Hall–Kier alpha value is -3.36. The average Bonchev–Trinajstić information content (AvgIpc) is 3.39. The second kappa shape index (κ2) is 10.2.